The fourth-order valence-electron chi connectivity index (χ4n) is 10.2. The molecular weight excluding hydrogens is 697 g/mol. The summed E-state index contributed by atoms with van der Waals surface area (Å²) in [6.07, 6.45) is 2.23. The van der Waals surface area contributed by atoms with Crippen LogP contribution < -0.4 is 20.4 Å². The van der Waals surface area contributed by atoms with E-state index in [1.165, 1.54) is 45.7 Å². The van der Waals surface area contributed by atoms with Gasteiger partial charge in [0.05, 0.1) is 25.5 Å². The predicted octanol–water partition coefficient (Wildman–Crippen LogP) is 8.99. The SMILES string of the molecule is C[Si](C)(C)CCOC[C@@H]1C[C@@]2([C@@]34C[C@@H](COCC[Si](C)(C)C)N[C@@H]3N(Cc3ccccc3)c3ccccc34)c3ccccc3N(Cc3ccccc3)[C@H]2N1. The maximum absolute atomic E-state index is 6.61. The van der Waals surface area contributed by atoms with Crippen LogP contribution in [0.3, 0.4) is 0 Å². The summed E-state index contributed by atoms with van der Waals surface area (Å²) in [4.78, 5) is 5.41. The summed E-state index contributed by atoms with van der Waals surface area (Å²) in [5, 5.41) is 8.62. The number of nitrogens with one attached hydrogen (secondary N) is 2. The van der Waals surface area contributed by atoms with Crippen molar-refractivity contribution < 1.29 is 9.47 Å². The van der Waals surface area contributed by atoms with Crippen molar-refractivity contribution in [2.75, 3.05) is 36.2 Å². The first-order valence-corrected chi connectivity index (χ1v) is 27.9. The average Bonchev–Trinajstić information content (AvgIpc) is 3.86. The molecule has 286 valence electrons. The molecule has 6 atom stereocenters. The molecule has 2 fully saturated rings. The van der Waals surface area contributed by atoms with E-state index in [4.69, 9.17) is 9.47 Å². The van der Waals surface area contributed by atoms with Gasteiger partial charge in [-0.1, -0.05) is 136 Å². The fraction of sp³-hybridized carbons (Fsp3) is 0.478. The Kier molecular flexibility index (Phi) is 10.5. The lowest BCUT2D eigenvalue weighted by atomic mass is 9.54. The third-order valence-corrected chi connectivity index (χ3v) is 16.1. The smallest absolute Gasteiger partial charge is 0.0911 e. The quantitative estimate of drug-likeness (QED) is 0.0933. The van der Waals surface area contributed by atoms with Gasteiger partial charge >= 0.3 is 0 Å². The van der Waals surface area contributed by atoms with E-state index >= 15 is 0 Å². The standard InChI is InChI=1S/C46H62N4O2Si2/c1-53(2,3)27-25-51-33-37-29-45(39-21-13-15-23-41(39)49(43(45)47-37)31-35-17-9-7-10-18-35)46-30-38(34-52-26-28-54(4,5)6)48-44(46)50(32-36-19-11-8-12-20-36)42-24-16-14-22-40(42)46/h7-24,37-38,43-44,47-48H,25-34H2,1-6H3/t37-,38-,43+,44+,45+,46+/m0/s1. The van der Waals surface area contributed by atoms with E-state index < -0.39 is 16.1 Å². The first-order chi connectivity index (χ1) is 26.0. The highest BCUT2D eigenvalue weighted by Crippen LogP contribution is 2.68. The van der Waals surface area contributed by atoms with E-state index in [-0.39, 0.29) is 35.2 Å². The van der Waals surface area contributed by atoms with Gasteiger partial charge in [0.1, 0.15) is 0 Å². The third-order valence-electron chi connectivity index (χ3n) is 12.7. The second kappa shape index (κ2) is 15.0. The largest absolute Gasteiger partial charge is 0.380 e. The van der Waals surface area contributed by atoms with E-state index in [2.05, 4.69) is 169 Å². The first kappa shape index (κ1) is 37.7. The molecule has 0 spiro atoms. The zero-order chi connectivity index (χ0) is 37.6. The van der Waals surface area contributed by atoms with Crippen LogP contribution in [-0.4, -0.2) is 67.0 Å². The molecule has 0 aromatic heterocycles. The monoisotopic (exact) mass is 758 g/mol. The summed E-state index contributed by atoms with van der Waals surface area (Å²) in [5.74, 6) is 0. The Labute approximate surface area is 326 Å². The number of hydrogen-bond acceptors (Lipinski definition) is 6. The van der Waals surface area contributed by atoms with E-state index in [0.29, 0.717) is 0 Å². The highest BCUT2D eigenvalue weighted by atomic mass is 28.3. The summed E-state index contributed by atoms with van der Waals surface area (Å²) in [7, 11) is -2.40. The average molecular weight is 759 g/mol. The minimum atomic E-state index is -1.20. The first-order valence-electron chi connectivity index (χ1n) is 20.5. The number of nitrogens with zero attached hydrogens (tertiary/aromatic N) is 2. The second-order valence-electron chi connectivity index (χ2n) is 18.9. The van der Waals surface area contributed by atoms with Gasteiger partial charge in [-0.25, -0.2) is 0 Å². The van der Waals surface area contributed by atoms with E-state index in [9.17, 15) is 0 Å². The van der Waals surface area contributed by atoms with Gasteiger partial charge < -0.3 is 19.3 Å². The van der Waals surface area contributed by atoms with Gasteiger partial charge in [0.25, 0.3) is 0 Å². The second-order valence-corrected chi connectivity index (χ2v) is 30.2. The van der Waals surface area contributed by atoms with Crippen molar-refractivity contribution in [1.29, 1.82) is 0 Å². The lowest BCUT2D eigenvalue weighted by Gasteiger charge is -2.49. The summed E-state index contributed by atoms with van der Waals surface area (Å²) >= 11 is 0. The molecule has 0 unspecified atom stereocenters. The summed E-state index contributed by atoms with van der Waals surface area (Å²) in [6, 6.07) is 43.7. The van der Waals surface area contributed by atoms with Crippen LogP contribution in [0, 0.1) is 0 Å². The number of benzene rings is 4. The lowest BCUT2D eigenvalue weighted by Crippen LogP contribution is -2.63. The van der Waals surface area contributed by atoms with Crippen LogP contribution in [-0.2, 0) is 33.4 Å². The maximum atomic E-state index is 6.61. The van der Waals surface area contributed by atoms with Crippen LogP contribution >= 0.6 is 0 Å². The molecule has 8 heteroatoms. The van der Waals surface area contributed by atoms with Crippen LogP contribution in [0.1, 0.15) is 35.1 Å². The highest BCUT2D eigenvalue weighted by Gasteiger charge is 2.74. The Bertz CT molecular complexity index is 1740. The molecule has 0 bridgehead atoms. The number of rotatable bonds is 15. The Morgan fingerprint density at radius 3 is 1.30 bits per heavy atom. The van der Waals surface area contributed by atoms with Crippen molar-refractivity contribution in [3.05, 3.63) is 131 Å². The maximum Gasteiger partial charge on any atom is 0.0911 e. The van der Waals surface area contributed by atoms with Gasteiger partial charge in [-0.2, -0.15) is 0 Å². The van der Waals surface area contributed by atoms with Crippen molar-refractivity contribution in [1.82, 2.24) is 10.6 Å². The normalized spacial score (nSPS) is 27.2. The molecule has 4 aliphatic rings. The molecule has 0 amide bonds. The van der Waals surface area contributed by atoms with Crippen molar-refractivity contribution >= 4 is 27.5 Å². The van der Waals surface area contributed by atoms with Crippen molar-refractivity contribution in [3.8, 4) is 0 Å². The van der Waals surface area contributed by atoms with Crippen LogP contribution in [0.2, 0.25) is 51.4 Å². The lowest BCUT2D eigenvalue weighted by molar-refractivity contribution is 0.118. The van der Waals surface area contributed by atoms with Gasteiger partial charge in [-0.3, -0.25) is 10.6 Å². The molecule has 6 nitrogen and oxygen atoms in total. The number of anilines is 2. The van der Waals surface area contributed by atoms with Gasteiger partial charge in [0.15, 0.2) is 0 Å². The summed E-state index contributed by atoms with van der Waals surface area (Å²) < 4.78 is 13.2. The topological polar surface area (TPSA) is 49.0 Å². The minimum Gasteiger partial charge on any atom is -0.380 e. The van der Waals surface area contributed by atoms with Crippen molar-refractivity contribution in [3.63, 3.8) is 0 Å². The Morgan fingerprint density at radius 1 is 0.537 bits per heavy atom. The van der Waals surface area contributed by atoms with E-state index in [1.807, 2.05) is 0 Å². The van der Waals surface area contributed by atoms with Gasteiger partial charge in [-0.05, 0) is 59.3 Å². The van der Waals surface area contributed by atoms with Crippen LogP contribution in [0.4, 0.5) is 11.4 Å². The molecule has 0 saturated carbocycles. The molecule has 4 aromatic carbocycles. The zero-order valence-electron chi connectivity index (χ0n) is 33.5. The predicted molar refractivity (Wildman–Crippen MR) is 230 cm³/mol. The summed E-state index contributed by atoms with van der Waals surface area (Å²) in [6.45, 7) is 19.5. The molecule has 2 saturated heterocycles. The highest BCUT2D eigenvalue weighted by molar-refractivity contribution is 6.76. The number of fused-ring (bicyclic) bond motifs is 7. The number of hydrogen-bond donors (Lipinski definition) is 2. The van der Waals surface area contributed by atoms with Crippen molar-refractivity contribution in [2.24, 2.45) is 0 Å². The minimum absolute atomic E-state index is 0.0984. The van der Waals surface area contributed by atoms with E-state index in [1.54, 1.807) is 0 Å². The molecule has 4 aliphatic heterocycles. The van der Waals surface area contributed by atoms with Gasteiger partial charge in [0.2, 0.25) is 0 Å². The van der Waals surface area contributed by atoms with Crippen LogP contribution in [0.25, 0.3) is 0 Å². The van der Waals surface area contributed by atoms with Crippen LogP contribution in [0.5, 0.6) is 0 Å². The Hall–Kier alpha value is -3.25. The zero-order valence-corrected chi connectivity index (χ0v) is 35.5. The molecule has 0 aliphatic carbocycles. The fourth-order valence-corrected chi connectivity index (χ4v) is 11.7. The number of para-hydroxylation sites is 2. The number of ether oxygens (including phenoxy) is 2. The van der Waals surface area contributed by atoms with Gasteiger partial charge in [-0.15, -0.1) is 0 Å². The molecule has 4 heterocycles. The molecule has 2 N–H and O–H groups in total. The molecule has 4 aromatic rings. The Morgan fingerprint density at radius 2 is 0.907 bits per heavy atom. The molecule has 0 radical (unpaired) electrons. The molecule has 54 heavy (non-hydrogen) atoms. The third kappa shape index (κ3) is 7.03. The van der Waals surface area contributed by atoms with Gasteiger partial charge in [0, 0.05) is 76.7 Å². The van der Waals surface area contributed by atoms with E-state index in [0.717, 1.165) is 52.4 Å². The molecule has 8 rings (SSSR count). The van der Waals surface area contributed by atoms with Crippen LogP contribution in [0.15, 0.2) is 109 Å². The summed E-state index contributed by atoms with van der Waals surface area (Å²) in [5.41, 5.74) is 7.90. The molecular formula is C46H62N4O2Si2. The van der Waals surface area contributed by atoms with Crippen molar-refractivity contribution in [2.45, 2.75) is 113 Å². The Balaban J connectivity index is 1.25.